The Morgan fingerprint density at radius 1 is 1.05 bits per heavy atom. The zero-order valence-electron chi connectivity index (χ0n) is 11.4. The molecule has 0 saturated carbocycles. The number of nitrogens with zero attached hydrogens (tertiary/aromatic N) is 4. The maximum atomic E-state index is 12.4. The molecule has 0 bridgehead atoms. The molecule has 2 heterocycles. The molecule has 3 rings (SSSR count). The highest BCUT2D eigenvalue weighted by molar-refractivity contribution is 9.10. The molecular weight excluding hydrogens is 332 g/mol. The highest BCUT2D eigenvalue weighted by Gasteiger charge is 2.22. The van der Waals surface area contributed by atoms with Crippen LogP contribution in [0.3, 0.4) is 0 Å². The van der Waals surface area contributed by atoms with E-state index in [1.54, 1.807) is 18.6 Å². The maximum absolute atomic E-state index is 12.4. The lowest BCUT2D eigenvalue weighted by molar-refractivity contribution is 0.0746. The van der Waals surface area contributed by atoms with Gasteiger partial charge in [0.05, 0.1) is 6.20 Å². The molecule has 0 spiro atoms. The molecule has 1 amide bonds. The van der Waals surface area contributed by atoms with Crippen LogP contribution in [-0.2, 0) is 0 Å². The predicted molar refractivity (Wildman–Crippen MR) is 84.3 cm³/mol. The second kappa shape index (κ2) is 6.22. The number of anilines is 1. The van der Waals surface area contributed by atoms with Crippen LogP contribution < -0.4 is 4.90 Å². The third-order valence-corrected chi connectivity index (χ3v) is 4.06. The van der Waals surface area contributed by atoms with E-state index in [0.29, 0.717) is 13.1 Å². The van der Waals surface area contributed by atoms with Gasteiger partial charge in [0.2, 0.25) is 0 Å². The van der Waals surface area contributed by atoms with Gasteiger partial charge in [-0.25, -0.2) is 4.98 Å². The van der Waals surface area contributed by atoms with Crippen LogP contribution in [0.1, 0.15) is 10.4 Å². The van der Waals surface area contributed by atoms with Gasteiger partial charge in [-0.2, -0.15) is 0 Å². The Morgan fingerprint density at radius 3 is 2.38 bits per heavy atom. The first kappa shape index (κ1) is 14.0. The minimum atomic E-state index is 0.0845. The summed E-state index contributed by atoms with van der Waals surface area (Å²) in [5, 5.41) is 0. The van der Waals surface area contributed by atoms with Crippen LogP contribution in [0.5, 0.6) is 0 Å². The summed E-state index contributed by atoms with van der Waals surface area (Å²) in [7, 11) is 0. The summed E-state index contributed by atoms with van der Waals surface area (Å²) in [5.74, 6) is 0.953. The van der Waals surface area contributed by atoms with E-state index in [0.717, 1.165) is 28.9 Å². The number of carbonyl (C=O) groups excluding carboxylic acids is 1. The minimum absolute atomic E-state index is 0.0845. The first-order valence-electron chi connectivity index (χ1n) is 6.80. The van der Waals surface area contributed by atoms with Crippen LogP contribution in [0.2, 0.25) is 0 Å². The smallest absolute Gasteiger partial charge is 0.253 e. The number of aromatic nitrogens is 2. The molecule has 2 aromatic rings. The Hall–Kier alpha value is -1.95. The summed E-state index contributed by atoms with van der Waals surface area (Å²) in [6.45, 7) is 2.96. The monoisotopic (exact) mass is 346 g/mol. The summed E-state index contributed by atoms with van der Waals surface area (Å²) >= 11 is 3.38. The molecule has 0 unspecified atom stereocenters. The summed E-state index contributed by atoms with van der Waals surface area (Å²) in [5.41, 5.74) is 0.728. The van der Waals surface area contributed by atoms with Crippen molar-refractivity contribution in [3.63, 3.8) is 0 Å². The van der Waals surface area contributed by atoms with Crippen molar-refractivity contribution in [2.24, 2.45) is 0 Å². The molecule has 0 radical (unpaired) electrons. The minimum Gasteiger partial charge on any atom is -0.352 e. The van der Waals surface area contributed by atoms with Crippen LogP contribution >= 0.6 is 15.9 Å². The summed E-state index contributed by atoms with van der Waals surface area (Å²) < 4.78 is 0.978. The Kier molecular flexibility index (Phi) is 4.15. The van der Waals surface area contributed by atoms with Gasteiger partial charge in [0.15, 0.2) is 0 Å². The number of hydrogen-bond acceptors (Lipinski definition) is 4. The van der Waals surface area contributed by atoms with Gasteiger partial charge in [0.25, 0.3) is 5.91 Å². The van der Waals surface area contributed by atoms with Crippen LogP contribution in [0.15, 0.2) is 47.3 Å². The van der Waals surface area contributed by atoms with Gasteiger partial charge in [-0.05, 0) is 24.3 Å². The van der Waals surface area contributed by atoms with Gasteiger partial charge in [-0.3, -0.25) is 9.78 Å². The fourth-order valence-electron chi connectivity index (χ4n) is 2.37. The van der Waals surface area contributed by atoms with Gasteiger partial charge >= 0.3 is 0 Å². The second-order valence-corrected chi connectivity index (χ2v) is 5.77. The van der Waals surface area contributed by atoms with Gasteiger partial charge in [-0.1, -0.05) is 15.9 Å². The fraction of sp³-hybridized carbons (Fsp3) is 0.267. The molecule has 6 heteroatoms. The van der Waals surface area contributed by atoms with E-state index in [1.165, 1.54) is 0 Å². The predicted octanol–water partition coefficient (Wildman–Crippen LogP) is 2.20. The van der Waals surface area contributed by atoms with Crippen molar-refractivity contribution in [2.75, 3.05) is 31.1 Å². The van der Waals surface area contributed by atoms with Crippen LogP contribution in [-0.4, -0.2) is 47.0 Å². The van der Waals surface area contributed by atoms with Crippen molar-refractivity contribution in [3.8, 4) is 0 Å². The van der Waals surface area contributed by atoms with E-state index >= 15 is 0 Å². The highest BCUT2D eigenvalue weighted by Crippen LogP contribution is 2.15. The van der Waals surface area contributed by atoms with Crippen molar-refractivity contribution in [3.05, 3.63) is 52.9 Å². The van der Waals surface area contributed by atoms with Crippen molar-refractivity contribution in [1.82, 2.24) is 14.9 Å². The molecule has 1 aromatic heterocycles. The van der Waals surface area contributed by atoms with E-state index in [4.69, 9.17) is 0 Å². The van der Waals surface area contributed by atoms with Crippen LogP contribution in [0.25, 0.3) is 0 Å². The molecule has 0 atom stereocenters. The molecule has 1 fully saturated rings. The van der Waals surface area contributed by atoms with E-state index in [1.807, 2.05) is 29.2 Å². The normalized spacial score (nSPS) is 15.1. The molecule has 1 aromatic carbocycles. The fourth-order valence-corrected chi connectivity index (χ4v) is 2.63. The molecule has 1 aliphatic rings. The third-order valence-electron chi connectivity index (χ3n) is 3.53. The molecule has 5 nitrogen and oxygen atoms in total. The average molecular weight is 347 g/mol. The maximum Gasteiger partial charge on any atom is 0.253 e. The van der Waals surface area contributed by atoms with Gasteiger partial charge < -0.3 is 9.80 Å². The quantitative estimate of drug-likeness (QED) is 0.836. The zero-order chi connectivity index (χ0) is 14.7. The number of benzene rings is 1. The van der Waals surface area contributed by atoms with Crippen molar-refractivity contribution in [1.29, 1.82) is 0 Å². The Bertz CT molecular complexity index is 609. The molecular formula is C15H15BrN4O. The molecule has 21 heavy (non-hydrogen) atoms. The Labute approximate surface area is 131 Å². The standard InChI is InChI=1S/C15H15BrN4O/c16-13-3-1-12(2-4-13)15(21)20-9-7-19(8-10-20)14-11-17-5-6-18-14/h1-6,11H,7-10H2. The summed E-state index contributed by atoms with van der Waals surface area (Å²) in [4.78, 5) is 24.8. The number of carbonyl (C=O) groups is 1. The Morgan fingerprint density at radius 2 is 1.76 bits per heavy atom. The molecule has 0 N–H and O–H groups in total. The molecule has 108 valence electrons. The van der Waals surface area contributed by atoms with Crippen molar-refractivity contribution < 1.29 is 4.79 Å². The summed E-state index contributed by atoms with van der Waals surface area (Å²) in [6.07, 6.45) is 5.11. The summed E-state index contributed by atoms with van der Waals surface area (Å²) in [6, 6.07) is 7.48. The first-order chi connectivity index (χ1) is 10.2. The zero-order valence-corrected chi connectivity index (χ0v) is 13.0. The van der Waals surface area contributed by atoms with Gasteiger partial charge in [0.1, 0.15) is 5.82 Å². The number of piperazine rings is 1. The van der Waals surface area contributed by atoms with Crippen LogP contribution in [0.4, 0.5) is 5.82 Å². The number of hydrogen-bond donors (Lipinski definition) is 0. The Balaban J connectivity index is 1.63. The van der Waals surface area contributed by atoms with E-state index < -0.39 is 0 Å². The highest BCUT2D eigenvalue weighted by atomic mass is 79.9. The molecule has 1 saturated heterocycles. The lowest BCUT2D eigenvalue weighted by atomic mass is 10.2. The number of amides is 1. The number of rotatable bonds is 2. The van der Waals surface area contributed by atoms with E-state index in [-0.39, 0.29) is 5.91 Å². The molecule has 1 aliphatic heterocycles. The first-order valence-corrected chi connectivity index (χ1v) is 7.59. The number of halogens is 1. The average Bonchev–Trinajstić information content (AvgIpc) is 2.56. The van der Waals surface area contributed by atoms with Crippen LogP contribution in [0, 0.1) is 0 Å². The molecule has 0 aliphatic carbocycles. The second-order valence-electron chi connectivity index (χ2n) is 4.85. The van der Waals surface area contributed by atoms with Crippen molar-refractivity contribution in [2.45, 2.75) is 0 Å². The van der Waals surface area contributed by atoms with Gasteiger partial charge in [-0.15, -0.1) is 0 Å². The van der Waals surface area contributed by atoms with E-state index in [2.05, 4.69) is 30.8 Å². The van der Waals surface area contributed by atoms with Crippen molar-refractivity contribution >= 4 is 27.7 Å². The lowest BCUT2D eigenvalue weighted by Gasteiger charge is -2.35. The van der Waals surface area contributed by atoms with Gasteiger partial charge in [0, 0.05) is 48.6 Å². The van der Waals surface area contributed by atoms with E-state index in [9.17, 15) is 4.79 Å². The SMILES string of the molecule is O=C(c1ccc(Br)cc1)N1CCN(c2cnccn2)CC1. The lowest BCUT2D eigenvalue weighted by Crippen LogP contribution is -2.49. The third kappa shape index (κ3) is 3.21. The largest absolute Gasteiger partial charge is 0.352 e. The topological polar surface area (TPSA) is 49.3 Å².